The van der Waals surface area contributed by atoms with E-state index in [0.717, 1.165) is 38.4 Å². The Morgan fingerprint density at radius 3 is 2.86 bits per heavy atom. The van der Waals surface area contributed by atoms with Crippen LogP contribution in [0.2, 0.25) is 5.02 Å². The van der Waals surface area contributed by atoms with E-state index in [4.69, 9.17) is 16.3 Å². The monoisotopic (exact) mass is 325 g/mol. The number of carbonyl (C=O) groups is 1. The Morgan fingerprint density at radius 2 is 2.18 bits per heavy atom. The summed E-state index contributed by atoms with van der Waals surface area (Å²) < 4.78 is 5.32. The molecule has 5 nitrogen and oxygen atoms in total. The van der Waals surface area contributed by atoms with Crippen LogP contribution in [0.25, 0.3) is 0 Å². The molecule has 0 aliphatic carbocycles. The molecule has 1 heterocycles. The van der Waals surface area contributed by atoms with Crippen molar-refractivity contribution in [2.75, 3.05) is 46.4 Å². The van der Waals surface area contributed by atoms with Gasteiger partial charge >= 0.3 is 6.03 Å². The number of morpholine rings is 1. The van der Waals surface area contributed by atoms with Crippen molar-refractivity contribution in [2.45, 2.75) is 13.0 Å². The number of rotatable bonds is 5. The Balaban J connectivity index is 1.77. The fraction of sp³-hybridized carbons (Fsp3) is 0.562. The van der Waals surface area contributed by atoms with Gasteiger partial charge in [0.15, 0.2) is 0 Å². The molecule has 2 amide bonds. The molecule has 1 fully saturated rings. The molecule has 1 N–H and O–H groups in total. The van der Waals surface area contributed by atoms with E-state index >= 15 is 0 Å². The number of likely N-dealkylation sites (N-methyl/N-ethyl adjacent to an activating group) is 1. The third kappa shape index (κ3) is 5.16. The molecule has 22 heavy (non-hydrogen) atoms. The molecule has 0 bridgehead atoms. The summed E-state index contributed by atoms with van der Waals surface area (Å²) >= 11 is 5.98. The Labute approximate surface area is 137 Å². The van der Waals surface area contributed by atoms with Crippen LogP contribution in [0.1, 0.15) is 18.5 Å². The summed E-state index contributed by atoms with van der Waals surface area (Å²) in [5.74, 6) is 0. The number of nitrogens with zero attached hydrogens (tertiary/aromatic N) is 2. The summed E-state index contributed by atoms with van der Waals surface area (Å²) in [6, 6.07) is 7.42. The maximum Gasteiger partial charge on any atom is 0.317 e. The third-order valence-electron chi connectivity index (χ3n) is 3.89. The van der Waals surface area contributed by atoms with Crippen molar-refractivity contribution in [2.24, 2.45) is 0 Å². The molecule has 1 atom stereocenters. The molecular formula is C16H24ClN3O2. The van der Waals surface area contributed by atoms with Crippen LogP contribution in [0, 0.1) is 0 Å². The van der Waals surface area contributed by atoms with E-state index in [1.807, 2.05) is 38.2 Å². The zero-order valence-corrected chi connectivity index (χ0v) is 14.0. The first-order valence-corrected chi connectivity index (χ1v) is 8.01. The van der Waals surface area contributed by atoms with Crippen LogP contribution in [0.3, 0.4) is 0 Å². The predicted octanol–water partition coefficient (Wildman–Crippen LogP) is 2.37. The standard InChI is InChI=1S/C16H24ClN3O2/c1-13(14-4-3-5-15(17)12-14)18-16(21)19(2)6-7-20-8-10-22-11-9-20/h3-5,12-13H,6-11H2,1-2H3,(H,18,21). The highest BCUT2D eigenvalue weighted by molar-refractivity contribution is 6.30. The Kier molecular flexibility index (Phi) is 6.49. The average Bonchev–Trinajstić information content (AvgIpc) is 2.53. The molecule has 0 spiro atoms. The number of benzene rings is 1. The molecular weight excluding hydrogens is 302 g/mol. The molecule has 1 aliphatic heterocycles. The van der Waals surface area contributed by atoms with Gasteiger partial charge in [0, 0.05) is 38.2 Å². The van der Waals surface area contributed by atoms with Crippen molar-refractivity contribution in [1.29, 1.82) is 0 Å². The second kappa shape index (κ2) is 8.36. The van der Waals surface area contributed by atoms with Gasteiger partial charge < -0.3 is 15.0 Å². The van der Waals surface area contributed by atoms with E-state index in [1.165, 1.54) is 0 Å². The van der Waals surface area contributed by atoms with Gasteiger partial charge in [0.2, 0.25) is 0 Å². The fourth-order valence-corrected chi connectivity index (χ4v) is 2.57. The van der Waals surface area contributed by atoms with Crippen molar-refractivity contribution in [3.63, 3.8) is 0 Å². The number of urea groups is 1. The summed E-state index contributed by atoms with van der Waals surface area (Å²) in [4.78, 5) is 16.3. The van der Waals surface area contributed by atoms with Crippen LogP contribution < -0.4 is 5.32 Å². The highest BCUT2D eigenvalue weighted by Gasteiger charge is 2.15. The summed E-state index contributed by atoms with van der Waals surface area (Å²) in [6.45, 7) is 6.97. The lowest BCUT2D eigenvalue weighted by atomic mass is 10.1. The maximum absolute atomic E-state index is 12.2. The van der Waals surface area contributed by atoms with Gasteiger partial charge in [0.1, 0.15) is 0 Å². The molecule has 0 aromatic heterocycles. The predicted molar refractivity (Wildman–Crippen MR) is 88.3 cm³/mol. The highest BCUT2D eigenvalue weighted by atomic mass is 35.5. The lowest BCUT2D eigenvalue weighted by molar-refractivity contribution is 0.0357. The summed E-state index contributed by atoms with van der Waals surface area (Å²) in [7, 11) is 1.82. The number of halogens is 1. The number of hydrogen-bond acceptors (Lipinski definition) is 3. The van der Waals surface area contributed by atoms with Crippen LogP contribution in [0.15, 0.2) is 24.3 Å². The molecule has 0 saturated carbocycles. The minimum absolute atomic E-state index is 0.0688. The van der Waals surface area contributed by atoms with Gasteiger partial charge in [-0.25, -0.2) is 4.79 Å². The highest BCUT2D eigenvalue weighted by Crippen LogP contribution is 2.17. The minimum atomic E-state index is -0.0722. The van der Waals surface area contributed by atoms with E-state index in [9.17, 15) is 4.79 Å². The first kappa shape index (κ1) is 17.1. The first-order chi connectivity index (χ1) is 10.6. The van der Waals surface area contributed by atoms with Gasteiger partial charge in [-0.05, 0) is 24.6 Å². The number of hydrogen-bond donors (Lipinski definition) is 1. The zero-order valence-electron chi connectivity index (χ0n) is 13.2. The zero-order chi connectivity index (χ0) is 15.9. The van der Waals surface area contributed by atoms with Crippen molar-refractivity contribution >= 4 is 17.6 Å². The second-order valence-corrected chi connectivity index (χ2v) is 6.04. The van der Waals surface area contributed by atoms with Crippen LogP contribution in [-0.4, -0.2) is 62.3 Å². The molecule has 6 heteroatoms. The smallest absolute Gasteiger partial charge is 0.317 e. The Morgan fingerprint density at radius 1 is 1.45 bits per heavy atom. The van der Waals surface area contributed by atoms with Crippen molar-refractivity contribution in [1.82, 2.24) is 15.1 Å². The quantitative estimate of drug-likeness (QED) is 0.904. The first-order valence-electron chi connectivity index (χ1n) is 7.63. The Bertz CT molecular complexity index is 492. The lowest BCUT2D eigenvalue weighted by Crippen LogP contribution is -2.45. The van der Waals surface area contributed by atoms with E-state index in [0.29, 0.717) is 11.6 Å². The molecule has 2 rings (SSSR count). The van der Waals surface area contributed by atoms with Gasteiger partial charge in [-0.3, -0.25) is 4.90 Å². The number of amides is 2. The fourth-order valence-electron chi connectivity index (χ4n) is 2.37. The topological polar surface area (TPSA) is 44.8 Å². The largest absolute Gasteiger partial charge is 0.379 e. The van der Waals surface area contributed by atoms with Crippen molar-refractivity contribution < 1.29 is 9.53 Å². The number of carbonyl (C=O) groups excluding carboxylic acids is 1. The lowest BCUT2D eigenvalue weighted by Gasteiger charge is -2.29. The molecule has 1 aromatic rings. The number of ether oxygens (including phenoxy) is 1. The number of nitrogens with one attached hydrogen (secondary N) is 1. The maximum atomic E-state index is 12.2. The summed E-state index contributed by atoms with van der Waals surface area (Å²) in [5.41, 5.74) is 1.00. The van der Waals surface area contributed by atoms with E-state index in [2.05, 4.69) is 10.2 Å². The minimum Gasteiger partial charge on any atom is -0.379 e. The van der Waals surface area contributed by atoms with Gasteiger partial charge in [-0.2, -0.15) is 0 Å². The van der Waals surface area contributed by atoms with Gasteiger partial charge in [-0.1, -0.05) is 23.7 Å². The molecule has 1 aliphatic rings. The van der Waals surface area contributed by atoms with Gasteiger partial charge in [0.05, 0.1) is 19.3 Å². The van der Waals surface area contributed by atoms with Crippen LogP contribution in [0.5, 0.6) is 0 Å². The molecule has 1 aromatic carbocycles. The van der Waals surface area contributed by atoms with Crippen molar-refractivity contribution in [3.05, 3.63) is 34.9 Å². The molecule has 1 saturated heterocycles. The average molecular weight is 326 g/mol. The molecule has 122 valence electrons. The summed E-state index contributed by atoms with van der Waals surface area (Å²) in [6.07, 6.45) is 0. The van der Waals surface area contributed by atoms with Gasteiger partial charge in [0.25, 0.3) is 0 Å². The van der Waals surface area contributed by atoms with E-state index in [-0.39, 0.29) is 12.1 Å². The van der Waals surface area contributed by atoms with Crippen LogP contribution in [-0.2, 0) is 4.74 Å². The van der Waals surface area contributed by atoms with Crippen LogP contribution >= 0.6 is 11.6 Å². The summed E-state index contributed by atoms with van der Waals surface area (Å²) in [5, 5.41) is 3.68. The van der Waals surface area contributed by atoms with E-state index < -0.39 is 0 Å². The normalized spacial score (nSPS) is 17.0. The molecule has 1 unspecified atom stereocenters. The second-order valence-electron chi connectivity index (χ2n) is 5.60. The van der Waals surface area contributed by atoms with Crippen molar-refractivity contribution in [3.8, 4) is 0 Å². The SMILES string of the molecule is CC(NC(=O)N(C)CCN1CCOCC1)c1cccc(Cl)c1. The third-order valence-corrected chi connectivity index (χ3v) is 4.13. The van der Waals surface area contributed by atoms with E-state index in [1.54, 1.807) is 4.90 Å². The Hall–Kier alpha value is -1.30. The van der Waals surface area contributed by atoms with Crippen LogP contribution in [0.4, 0.5) is 4.79 Å². The molecule has 0 radical (unpaired) electrons. The van der Waals surface area contributed by atoms with Gasteiger partial charge in [-0.15, -0.1) is 0 Å².